The Hall–Kier alpha value is -7.79. The highest BCUT2D eigenvalue weighted by Crippen LogP contribution is 2.53. The summed E-state index contributed by atoms with van der Waals surface area (Å²) in [6.07, 6.45) is 0. The van der Waals surface area contributed by atoms with Gasteiger partial charge in [0.05, 0.1) is 11.4 Å². The van der Waals surface area contributed by atoms with E-state index in [0.717, 1.165) is 56.1 Å². The molecule has 0 spiro atoms. The van der Waals surface area contributed by atoms with Crippen molar-refractivity contribution in [1.29, 1.82) is 0 Å². The standard InChI is InChI=1S/C58H38N2OS/c1-4-14-39(15-5-1)41-26-30-44(31-27-41)59(45-32-28-42(29-33-45)40-16-6-2-7-17-40)52-37-36-49-48-35-34-46(38-56(48)62-55-25-13-22-51(52)57(49)55)60(43-18-8-3-9-19-43)53-23-12-21-50-47-20-10-11-24-54(47)61-58(50)53/h1-38H. The number of hydrogen-bond acceptors (Lipinski definition) is 4. The molecule has 0 atom stereocenters. The van der Waals surface area contributed by atoms with E-state index in [9.17, 15) is 0 Å². The molecular formula is C58H38N2OS. The van der Waals surface area contributed by atoms with Gasteiger partial charge in [0.25, 0.3) is 0 Å². The summed E-state index contributed by atoms with van der Waals surface area (Å²) in [5.74, 6) is 0. The van der Waals surface area contributed by atoms with E-state index >= 15 is 0 Å². The third-order valence-electron chi connectivity index (χ3n) is 12.1. The Morgan fingerprint density at radius 2 is 0.839 bits per heavy atom. The fraction of sp³-hybridized carbons (Fsp3) is 0. The maximum Gasteiger partial charge on any atom is 0.159 e. The van der Waals surface area contributed by atoms with E-state index in [1.54, 1.807) is 0 Å². The average Bonchev–Trinajstić information content (AvgIpc) is 3.73. The third-order valence-corrected chi connectivity index (χ3v) is 13.2. The van der Waals surface area contributed by atoms with Crippen molar-refractivity contribution in [3.05, 3.63) is 231 Å². The predicted octanol–water partition coefficient (Wildman–Crippen LogP) is 17.1. The Balaban J connectivity index is 0.983. The van der Waals surface area contributed by atoms with Gasteiger partial charge in [0.15, 0.2) is 5.58 Å². The smallest absolute Gasteiger partial charge is 0.159 e. The van der Waals surface area contributed by atoms with Crippen LogP contribution in [-0.4, -0.2) is 0 Å². The van der Waals surface area contributed by atoms with Crippen molar-refractivity contribution in [1.82, 2.24) is 0 Å². The van der Waals surface area contributed by atoms with E-state index in [-0.39, 0.29) is 0 Å². The number of fused-ring (bicyclic) bond motifs is 5. The molecule has 0 saturated carbocycles. The molecule has 0 fully saturated rings. The molecule has 2 heterocycles. The second kappa shape index (κ2) is 15.0. The van der Waals surface area contributed by atoms with Crippen LogP contribution in [0.25, 0.3) is 66.1 Å². The summed E-state index contributed by atoms with van der Waals surface area (Å²) in [6.45, 7) is 0. The molecule has 11 aromatic rings. The van der Waals surface area contributed by atoms with Crippen LogP contribution in [0.5, 0.6) is 0 Å². The second-order valence-corrected chi connectivity index (χ2v) is 16.8. The van der Waals surface area contributed by atoms with E-state index in [1.807, 2.05) is 23.9 Å². The van der Waals surface area contributed by atoms with Gasteiger partial charge in [-0.25, -0.2) is 0 Å². The van der Waals surface area contributed by atoms with Gasteiger partial charge < -0.3 is 14.2 Å². The van der Waals surface area contributed by atoms with Gasteiger partial charge in [0, 0.05) is 54.1 Å². The Labute approximate surface area is 364 Å². The van der Waals surface area contributed by atoms with Gasteiger partial charge in [-0.15, -0.1) is 0 Å². The molecule has 292 valence electrons. The Morgan fingerprint density at radius 1 is 0.323 bits per heavy atom. The summed E-state index contributed by atoms with van der Waals surface area (Å²) in [6, 6.07) is 82.8. The molecule has 1 aliphatic heterocycles. The molecule has 0 unspecified atom stereocenters. The van der Waals surface area contributed by atoms with Gasteiger partial charge in [-0.3, -0.25) is 0 Å². The number of nitrogens with zero attached hydrogens (tertiary/aromatic N) is 2. The van der Waals surface area contributed by atoms with E-state index in [0.29, 0.717) is 0 Å². The van der Waals surface area contributed by atoms with Gasteiger partial charge in [0.1, 0.15) is 5.58 Å². The lowest BCUT2D eigenvalue weighted by Gasteiger charge is -2.30. The maximum atomic E-state index is 6.60. The van der Waals surface area contributed by atoms with Crippen LogP contribution in [0.2, 0.25) is 0 Å². The van der Waals surface area contributed by atoms with E-state index in [2.05, 4.69) is 228 Å². The van der Waals surface area contributed by atoms with Crippen LogP contribution in [0.1, 0.15) is 0 Å². The molecule has 0 radical (unpaired) electrons. The highest BCUT2D eigenvalue weighted by atomic mass is 32.2. The molecular weight excluding hydrogens is 773 g/mol. The topological polar surface area (TPSA) is 19.6 Å². The van der Waals surface area contributed by atoms with Gasteiger partial charge in [0.2, 0.25) is 0 Å². The monoisotopic (exact) mass is 810 g/mol. The average molecular weight is 811 g/mol. The van der Waals surface area contributed by atoms with Crippen LogP contribution in [-0.2, 0) is 0 Å². The molecule has 4 heteroatoms. The SMILES string of the molecule is c1ccc(-c2ccc(N(c3ccc(-c4ccccc4)cc3)c3ccc4c5c(cccc35)Sc3cc(N(c5ccccc5)c5cccc6c5oc5ccccc56)ccc3-4)cc2)cc1. The molecule has 1 aliphatic rings. The van der Waals surface area contributed by atoms with Gasteiger partial charge in [-0.1, -0.05) is 169 Å². The number of furan rings is 1. The molecule has 12 rings (SSSR count). The Morgan fingerprint density at radius 3 is 1.53 bits per heavy atom. The number of para-hydroxylation sites is 3. The largest absolute Gasteiger partial charge is 0.454 e. The van der Waals surface area contributed by atoms with Crippen molar-refractivity contribution in [2.75, 3.05) is 9.80 Å². The van der Waals surface area contributed by atoms with Crippen LogP contribution in [0, 0.1) is 0 Å². The zero-order valence-electron chi connectivity index (χ0n) is 33.7. The molecule has 0 saturated heterocycles. The highest BCUT2D eigenvalue weighted by Gasteiger charge is 2.26. The van der Waals surface area contributed by atoms with Crippen LogP contribution in [0.4, 0.5) is 34.1 Å². The first-order valence-electron chi connectivity index (χ1n) is 21.0. The molecule has 1 aromatic heterocycles. The summed E-state index contributed by atoms with van der Waals surface area (Å²) in [7, 11) is 0. The summed E-state index contributed by atoms with van der Waals surface area (Å²) >= 11 is 1.85. The maximum absolute atomic E-state index is 6.60. The first-order chi connectivity index (χ1) is 30.7. The number of anilines is 6. The van der Waals surface area contributed by atoms with Gasteiger partial charge in [-0.05, 0) is 106 Å². The van der Waals surface area contributed by atoms with Crippen molar-refractivity contribution in [2.45, 2.75) is 9.79 Å². The molecule has 0 aliphatic carbocycles. The zero-order chi connectivity index (χ0) is 41.0. The van der Waals surface area contributed by atoms with Crippen molar-refractivity contribution in [3.8, 4) is 33.4 Å². The van der Waals surface area contributed by atoms with Crippen molar-refractivity contribution in [3.63, 3.8) is 0 Å². The van der Waals surface area contributed by atoms with E-state index in [1.165, 1.54) is 53.9 Å². The fourth-order valence-electron chi connectivity index (χ4n) is 9.14. The van der Waals surface area contributed by atoms with E-state index in [4.69, 9.17) is 4.42 Å². The van der Waals surface area contributed by atoms with Gasteiger partial charge >= 0.3 is 0 Å². The lowest BCUT2D eigenvalue weighted by molar-refractivity contribution is 0.669. The number of benzene rings is 10. The minimum Gasteiger partial charge on any atom is -0.454 e. The van der Waals surface area contributed by atoms with Crippen LogP contribution in [0.15, 0.2) is 245 Å². The molecule has 3 nitrogen and oxygen atoms in total. The first-order valence-corrected chi connectivity index (χ1v) is 21.8. The molecule has 0 N–H and O–H groups in total. The molecule has 0 bridgehead atoms. The summed E-state index contributed by atoms with van der Waals surface area (Å²) in [5.41, 5.74) is 15.5. The minimum atomic E-state index is 0.875. The minimum absolute atomic E-state index is 0.875. The lowest BCUT2D eigenvalue weighted by Crippen LogP contribution is -2.11. The van der Waals surface area contributed by atoms with Gasteiger partial charge in [-0.2, -0.15) is 0 Å². The van der Waals surface area contributed by atoms with E-state index < -0.39 is 0 Å². The normalized spacial score (nSPS) is 11.8. The molecule has 10 aromatic carbocycles. The first kappa shape index (κ1) is 36.1. The second-order valence-electron chi connectivity index (χ2n) is 15.7. The summed E-state index contributed by atoms with van der Waals surface area (Å²) in [5, 5.41) is 4.71. The molecule has 0 amide bonds. The molecule has 62 heavy (non-hydrogen) atoms. The number of hydrogen-bond donors (Lipinski definition) is 0. The van der Waals surface area contributed by atoms with Crippen LogP contribution in [0.3, 0.4) is 0 Å². The third kappa shape index (κ3) is 6.15. The summed E-state index contributed by atoms with van der Waals surface area (Å²) in [4.78, 5) is 7.20. The van der Waals surface area contributed by atoms with Crippen LogP contribution < -0.4 is 9.80 Å². The summed E-state index contributed by atoms with van der Waals surface area (Å²) < 4.78 is 6.60. The van der Waals surface area contributed by atoms with Crippen molar-refractivity contribution >= 4 is 78.6 Å². The highest BCUT2D eigenvalue weighted by molar-refractivity contribution is 7.99. The zero-order valence-corrected chi connectivity index (χ0v) is 34.5. The quantitative estimate of drug-likeness (QED) is 0.152. The lowest BCUT2D eigenvalue weighted by atomic mass is 9.95. The Bertz CT molecular complexity index is 3330. The van der Waals surface area contributed by atoms with Crippen LogP contribution >= 0.6 is 11.8 Å². The van der Waals surface area contributed by atoms with Crippen molar-refractivity contribution < 1.29 is 4.42 Å². The predicted molar refractivity (Wildman–Crippen MR) is 261 cm³/mol. The number of rotatable bonds is 8. The van der Waals surface area contributed by atoms with Crippen molar-refractivity contribution in [2.24, 2.45) is 0 Å². The Kier molecular flexibility index (Phi) is 8.75. The fourth-order valence-corrected chi connectivity index (χ4v) is 10.3.